The molecule has 132 valence electrons. The number of hydrogen-bond donors (Lipinski definition) is 0. The second kappa shape index (κ2) is 6.29. The van der Waals surface area contributed by atoms with Crippen LogP contribution in [0.5, 0.6) is 0 Å². The van der Waals surface area contributed by atoms with E-state index in [0.717, 1.165) is 6.07 Å². The van der Waals surface area contributed by atoms with E-state index in [2.05, 4.69) is 15.1 Å². The molecule has 3 heterocycles. The molecule has 1 aromatic carbocycles. The summed E-state index contributed by atoms with van der Waals surface area (Å²) in [6, 6.07) is 11.5. The van der Waals surface area contributed by atoms with Gasteiger partial charge in [-0.05, 0) is 24.3 Å². The Morgan fingerprint density at radius 3 is 2.77 bits per heavy atom. The molecule has 1 amide bonds. The molecule has 3 aromatic rings. The number of hydrogen-bond acceptors (Lipinski definition) is 5. The Hall–Kier alpha value is -3.16. The number of carbonyl (C=O) groups is 1. The first-order valence-electron chi connectivity index (χ1n) is 8.05. The fourth-order valence-electron chi connectivity index (χ4n) is 2.92. The molecule has 0 saturated carbocycles. The highest BCUT2D eigenvalue weighted by molar-refractivity contribution is 5.92. The lowest BCUT2D eigenvalue weighted by atomic mass is 10.1. The smallest absolute Gasteiger partial charge is 0.275 e. The van der Waals surface area contributed by atoms with Gasteiger partial charge in [0.25, 0.3) is 11.8 Å². The minimum absolute atomic E-state index is 0.000948. The molecule has 1 unspecified atom stereocenters. The van der Waals surface area contributed by atoms with Gasteiger partial charge in [0, 0.05) is 24.7 Å². The number of aromatic nitrogens is 3. The lowest BCUT2D eigenvalue weighted by Crippen LogP contribution is -2.33. The molecule has 26 heavy (non-hydrogen) atoms. The maximum atomic E-state index is 15.3. The van der Waals surface area contributed by atoms with Crippen molar-refractivity contribution in [2.75, 3.05) is 13.1 Å². The summed E-state index contributed by atoms with van der Waals surface area (Å²) < 4.78 is 34.2. The number of nitrogens with zero attached hydrogens (tertiary/aromatic N) is 4. The van der Waals surface area contributed by atoms with Gasteiger partial charge in [0.05, 0.1) is 6.54 Å². The van der Waals surface area contributed by atoms with E-state index in [-0.39, 0.29) is 36.9 Å². The third kappa shape index (κ3) is 2.83. The van der Waals surface area contributed by atoms with E-state index in [1.165, 1.54) is 17.2 Å². The maximum Gasteiger partial charge on any atom is 0.275 e. The summed E-state index contributed by atoms with van der Waals surface area (Å²) in [5, 5.41) is 3.74. The minimum atomic E-state index is -1.95. The van der Waals surface area contributed by atoms with Crippen LogP contribution in [0.15, 0.2) is 53.2 Å². The molecule has 2 aromatic heterocycles. The first-order chi connectivity index (χ1) is 12.6. The van der Waals surface area contributed by atoms with Crippen molar-refractivity contribution in [1.82, 2.24) is 20.0 Å². The van der Waals surface area contributed by atoms with Gasteiger partial charge < -0.3 is 9.42 Å². The van der Waals surface area contributed by atoms with E-state index in [1.807, 2.05) is 18.2 Å². The third-order valence-electron chi connectivity index (χ3n) is 4.32. The Kier molecular flexibility index (Phi) is 3.95. The van der Waals surface area contributed by atoms with Gasteiger partial charge in [0.1, 0.15) is 0 Å². The Balaban J connectivity index is 1.55. The largest absolute Gasteiger partial charge is 0.334 e. The Labute approximate surface area is 147 Å². The quantitative estimate of drug-likeness (QED) is 0.721. The van der Waals surface area contributed by atoms with Crippen LogP contribution in [0.2, 0.25) is 0 Å². The summed E-state index contributed by atoms with van der Waals surface area (Å²) in [6.07, 6.45) is 1.32. The van der Waals surface area contributed by atoms with Crippen LogP contribution in [0.1, 0.15) is 22.7 Å². The number of alkyl halides is 1. The van der Waals surface area contributed by atoms with Gasteiger partial charge in [-0.1, -0.05) is 23.4 Å². The molecule has 4 rings (SSSR count). The zero-order chi connectivity index (χ0) is 18.1. The lowest BCUT2D eigenvalue weighted by Gasteiger charge is -2.18. The zero-order valence-electron chi connectivity index (χ0n) is 13.6. The summed E-state index contributed by atoms with van der Waals surface area (Å²) in [7, 11) is 0. The fraction of sp³-hybridized carbons (Fsp3) is 0.222. The van der Waals surface area contributed by atoms with Gasteiger partial charge in [-0.25, -0.2) is 13.8 Å². The van der Waals surface area contributed by atoms with Crippen LogP contribution in [0.25, 0.3) is 11.5 Å². The van der Waals surface area contributed by atoms with Gasteiger partial charge in [-0.2, -0.15) is 4.98 Å². The standard InChI is InChI=1S/C18H14F2N4O2/c19-13-7-4-9-21-14(13)16(25)24-10-8-18(20,11-24)17-22-15(26-23-17)12-5-2-1-3-6-12/h1-7,9H,8,10-11H2. The topological polar surface area (TPSA) is 72.1 Å². The van der Waals surface area contributed by atoms with Crippen LogP contribution in [-0.4, -0.2) is 39.0 Å². The van der Waals surface area contributed by atoms with Crippen molar-refractivity contribution in [3.8, 4) is 11.5 Å². The number of rotatable bonds is 3. The predicted molar refractivity (Wildman–Crippen MR) is 87.2 cm³/mol. The van der Waals surface area contributed by atoms with Gasteiger partial charge in [0.2, 0.25) is 5.82 Å². The van der Waals surface area contributed by atoms with Crippen molar-refractivity contribution in [2.24, 2.45) is 0 Å². The predicted octanol–water partition coefficient (Wildman–Crippen LogP) is 2.98. The summed E-state index contributed by atoms with van der Waals surface area (Å²) in [4.78, 5) is 21.5. The molecule has 0 bridgehead atoms. The molecule has 1 aliphatic rings. The third-order valence-corrected chi connectivity index (χ3v) is 4.32. The first kappa shape index (κ1) is 16.3. The molecule has 0 radical (unpaired) electrons. The second-order valence-corrected chi connectivity index (χ2v) is 6.07. The molecule has 0 N–H and O–H groups in total. The number of carbonyl (C=O) groups excluding carboxylic acids is 1. The number of benzene rings is 1. The van der Waals surface area contributed by atoms with Gasteiger partial charge >= 0.3 is 0 Å². The summed E-state index contributed by atoms with van der Waals surface area (Å²) in [6.45, 7) is -0.170. The van der Waals surface area contributed by atoms with Crippen molar-refractivity contribution < 1.29 is 18.1 Å². The average Bonchev–Trinajstić information content (AvgIpc) is 3.31. The highest BCUT2D eigenvalue weighted by atomic mass is 19.1. The summed E-state index contributed by atoms with van der Waals surface area (Å²) in [5.74, 6) is -1.31. The van der Waals surface area contributed by atoms with Crippen LogP contribution >= 0.6 is 0 Å². The highest BCUT2D eigenvalue weighted by Crippen LogP contribution is 2.36. The second-order valence-electron chi connectivity index (χ2n) is 6.07. The molecule has 1 atom stereocenters. The van der Waals surface area contributed by atoms with Crippen molar-refractivity contribution in [2.45, 2.75) is 12.1 Å². The fourth-order valence-corrected chi connectivity index (χ4v) is 2.92. The van der Waals surface area contributed by atoms with E-state index in [1.54, 1.807) is 12.1 Å². The molecule has 0 aliphatic carbocycles. The van der Waals surface area contributed by atoms with Crippen molar-refractivity contribution in [3.05, 3.63) is 66.0 Å². The lowest BCUT2D eigenvalue weighted by molar-refractivity contribution is 0.0732. The molecule has 8 heteroatoms. The van der Waals surface area contributed by atoms with Crippen LogP contribution in [0, 0.1) is 5.82 Å². The van der Waals surface area contributed by atoms with Crippen LogP contribution in [-0.2, 0) is 5.67 Å². The van der Waals surface area contributed by atoms with E-state index in [4.69, 9.17) is 4.52 Å². The monoisotopic (exact) mass is 356 g/mol. The van der Waals surface area contributed by atoms with E-state index >= 15 is 4.39 Å². The Morgan fingerprint density at radius 1 is 1.19 bits per heavy atom. The minimum Gasteiger partial charge on any atom is -0.334 e. The number of halogens is 2. The molecule has 6 nitrogen and oxygen atoms in total. The van der Waals surface area contributed by atoms with Crippen LogP contribution < -0.4 is 0 Å². The first-order valence-corrected chi connectivity index (χ1v) is 8.05. The van der Waals surface area contributed by atoms with Crippen LogP contribution in [0.3, 0.4) is 0 Å². The van der Waals surface area contributed by atoms with E-state index in [0.29, 0.717) is 5.56 Å². The van der Waals surface area contributed by atoms with Crippen molar-refractivity contribution in [3.63, 3.8) is 0 Å². The SMILES string of the molecule is O=C(c1ncccc1F)N1CCC(F)(c2noc(-c3ccccc3)n2)C1. The van der Waals surface area contributed by atoms with Crippen molar-refractivity contribution in [1.29, 1.82) is 0 Å². The Bertz CT molecular complexity index is 947. The Morgan fingerprint density at radius 2 is 2.00 bits per heavy atom. The van der Waals surface area contributed by atoms with Gasteiger partial charge in [-0.15, -0.1) is 0 Å². The van der Waals surface area contributed by atoms with Crippen molar-refractivity contribution >= 4 is 5.91 Å². The van der Waals surface area contributed by atoms with E-state index < -0.39 is 17.4 Å². The zero-order valence-corrected chi connectivity index (χ0v) is 13.6. The van der Waals surface area contributed by atoms with Gasteiger partial charge in [-0.3, -0.25) is 4.79 Å². The highest BCUT2D eigenvalue weighted by Gasteiger charge is 2.46. The van der Waals surface area contributed by atoms with Crippen LogP contribution in [0.4, 0.5) is 8.78 Å². The number of pyridine rings is 1. The summed E-state index contributed by atoms with van der Waals surface area (Å²) >= 11 is 0. The molecular formula is C18H14F2N4O2. The molecular weight excluding hydrogens is 342 g/mol. The molecule has 0 spiro atoms. The average molecular weight is 356 g/mol. The molecule has 1 fully saturated rings. The number of amides is 1. The maximum absolute atomic E-state index is 15.3. The molecule has 1 aliphatic heterocycles. The summed E-state index contributed by atoms with van der Waals surface area (Å²) in [5.41, 5.74) is -1.59. The normalized spacial score (nSPS) is 19.7. The number of likely N-dealkylation sites (tertiary alicyclic amines) is 1. The molecule has 1 saturated heterocycles. The van der Waals surface area contributed by atoms with Gasteiger partial charge in [0.15, 0.2) is 17.2 Å². The van der Waals surface area contributed by atoms with E-state index in [9.17, 15) is 9.18 Å².